The molecule has 1 aromatic rings. The summed E-state index contributed by atoms with van der Waals surface area (Å²) in [6.07, 6.45) is -0.563. The van der Waals surface area contributed by atoms with Crippen LogP contribution >= 0.6 is 0 Å². The number of nitrogens with one attached hydrogen (secondary N) is 1. The molecule has 0 radical (unpaired) electrons. The van der Waals surface area contributed by atoms with Gasteiger partial charge in [0.15, 0.2) is 0 Å². The second-order valence-corrected chi connectivity index (χ2v) is 4.30. The molecule has 1 aliphatic rings. The van der Waals surface area contributed by atoms with Gasteiger partial charge in [0, 0.05) is 19.5 Å². The maximum Gasteiger partial charge on any atom is 0.351 e. The normalized spacial score (nSPS) is 26.4. The van der Waals surface area contributed by atoms with Crippen LogP contribution in [0.5, 0.6) is 0 Å². The monoisotopic (exact) mass is 269 g/mol. The molecule has 1 aliphatic heterocycles. The molecule has 0 aliphatic carbocycles. The minimum Gasteiger partial charge on any atom is -0.394 e. The highest BCUT2D eigenvalue weighted by Crippen LogP contribution is 2.27. The zero-order valence-electron chi connectivity index (χ0n) is 10.3. The lowest BCUT2D eigenvalue weighted by Crippen LogP contribution is -2.28. The Kier molecular flexibility index (Phi) is 3.93. The number of carbonyl (C=O) groups excluding carboxylic acids is 1. The Balaban J connectivity index is 2.18. The lowest BCUT2D eigenvalue weighted by Gasteiger charge is -2.14. The van der Waals surface area contributed by atoms with E-state index in [9.17, 15) is 14.7 Å². The van der Waals surface area contributed by atoms with Gasteiger partial charge in [-0.15, -0.1) is 0 Å². The van der Waals surface area contributed by atoms with Crippen molar-refractivity contribution in [3.05, 3.63) is 22.7 Å². The van der Waals surface area contributed by atoms with Crippen LogP contribution in [-0.4, -0.2) is 44.5 Å². The SMILES string of the molecule is CC(=O)Nc1ccn([C@H]2C[C@H](O)[C@@H](CO)O2)c(=O)n1. The number of amides is 1. The number of carbonyl (C=O) groups is 1. The zero-order valence-corrected chi connectivity index (χ0v) is 10.3. The molecule has 0 aromatic carbocycles. The van der Waals surface area contributed by atoms with Gasteiger partial charge in [-0.2, -0.15) is 4.98 Å². The third-order valence-corrected chi connectivity index (χ3v) is 2.83. The van der Waals surface area contributed by atoms with E-state index in [-0.39, 0.29) is 24.8 Å². The van der Waals surface area contributed by atoms with Crippen molar-refractivity contribution in [2.75, 3.05) is 11.9 Å². The van der Waals surface area contributed by atoms with E-state index in [0.717, 1.165) is 0 Å². The Morgan fingerprint density at radius 2 is 2.42 bits per heavy atom. The van der Waals surface area contributed by atoms with Crippen molar-refractivity contribution in [1.29, 1.82) is 0 Å². The predicted molar refractivity (Wildman–Crippen MR) is 64.4 cm³/mol. The van der Waals surface area contributed by atoms with Crippen LogP contribution in [0.15, 0.2) is 17.1 Å². The van der Waals surface area contributed by atoms with Gasteiger partial charge in [0.25, 0.3) is 0 Å². The highest BCUT2D eigenvalue weighted by molar-refractivity contribution is 5.87. The van der Waals surface area contributed by atoms with Gasteiger partial charge >= 0.3 is 5.69 Å². The maximum absolute atomic E-state index is 11.8. The summed E-state index contributed by atoms with van der Waals surface area (Å²) < 4.78 is 6.56. The summed E-state index contributed by atoms with van der Waals surface area (Å²) in [4.78, 5) is 26.3. The number of rotatable bonds is 3. The van der Waals surface area contributed by atoms with Crippen LogP contribution in [-0.2, 0) is 9.53 Å². The average molecular weight is 269 g/mol. The molecule has 0 saturated carbocycles. The third-order valence-electron chi connectivity index (χ3n) is 2.83. The predicted octanol–water partition coefficient (Wildman–Crippen LogP) is -1.16. The molecule has 3 atom stereocenters. The Labute approximate surface area is 108 Å². The van der Waals surface area contributed by atoms with Crippen molar-refractivity contribution < 1.29 is 19.7 Å². The fourth-order valence-electron chi connectivity index (χ4n) is 1.93. The molecule has 104 valence electrons. The van der Waals surface area contributed by atoms with E-state index < -0.39 is 24.1 Å². The first-order chi connectivity index (χ1) is 9.01. The van der Waals surface area contributed by atoms with Crippen LogP contribution in [0.25, 0.3) is 0 Å². The summed E-state index contributed by atoms with van der Waals surface area (Å²) in [7, 11) is 0. The lowest BCUT2D eigenvalue weighted by molar-refractivity contribution is -0.114. The molecule has 0 bridgehead atoms. The molecule has 1 amide bonds. The molecule has 2 heterocycles. The smallest absolute Gasteiger partial charge is 0.351 e. The fraction of sp³-hybridized carbons (Fsp3) is 0.545. The molecule has 0 spiro atoms. The lowest BCUT2D eigenvalue weighted by atomic mass is 10.2. The van der Waals surface area contributed by atoms with Gasteiger partial charge in [-0.3, -0.25) is 9.36 Å². The molecular weight excluding hydrogens is 254 g/mol. The Bertz CT molecular complexity index is 529. The minimum atomic E-state index is -0.822. The van der Waals surface area contributed by atoms with Gasteiger partial charge in [0.05, 0.1) is 12.7 Å². The van der Waals surface area contributed by atoms with Gasteiger partial charge in [0.1, 0.15) is 18.1 Å². The van der Waals surface area contributed by atoms with Gasteiger partial charge in [-0.05, 0) is 6.07 Å². The van der Waals surface area contributed by atoms with Crippen molar-refractivity contribution in [2.24, 2.45) is 0 Å². The number of aliphatic hydroxyl groups is 2. The van der Waals surface area contributed by atoms with Crippen molar-refractivity contribution in [1.82, 2.24) is 9.55 Å². The minimum absolute atomic E-state index is 0.158. The standard InChI is InChI=1S/C11H15N3O5/c1-6(16)12-9-2-3-14(11(18)13-9)10-4-7(17)8(5-15)19-10/h2-3,7-8,10,15,17H,4-5H2,1H3,(H,12,13,16,18)/t7-,8+,10+/m0/s1. The number of aromatic nitrogens is 2. The zero-order chi connectivity index (χ0) is 14.0. The molecule has 0 unspecified atom stereocenters. The summed E-state index contributed by atoms with van der Waals surface area (Å²) >= 11 is 0. The molecule has 8 heteroatoms. The first-order valence-electron chi connectivity index (χ1n) is 5.82. The van der Waals surface area contributed by atoms with E-state index in [0.29, 0.717) is 0 Å². The number of nitrogens with zero attached hydrogens (tertiary/aromatic N) is 2. The van der Waals surface area contributed by atoms with Gasteiger partial charge in [-0.1, -0.05) is 0 Å². The highest BCUT2D eigenvalue weighted by Gasteiger charge is 2.34. The van der Waals surface area contributed by atoms with Gasteiger partial charge < -0.3 is 20.3 Å². The molecule has 8 nitrogen and oxygen atoms in total. The number of hydrogen-bond donors (Lipinski definition) is 3. The van der Waals surface area contributed by atoms with Crippen LogP contribution in [0.4, 0.5) is 5.82 Å². The summed E-state index contributed by atoms with van der Waals surface area (Å²) in [5.74, 6) is -0.163. The molecular formula is C11H15N3O5. The quantitative estimate of drug-likeness (QED) is 0.638. The molecule has 3 N–H and O–H groups in total. The fourth-order valence-corrected chi connectivity index (χ4v) is 1.93. The van der Waals surface area contributed by atoms with E-state index in [2.05, 4.69) is 10.3 Å². The average Bonchev–Trinajstić information content (AvgIpc) is 2.69. The first-order valence-corrected chi connectivity index (χ1v) is 5.82. The van der Waals surface area contributed by atoms with E-state index >= 15 is 0 Å². The van der Waals surface area contributed by atoms with Crippen LogP contribution in [0.2, 0.25) is 0 Å². The van der Waals surface area contributed by atoms with Crippen molar-refractivity contribution >= 4 is 11.7 Å². The van der Waals surface area contributed by atoms with Crippen molar-refractivity contribution in [2.45, 2.75) is 31.8 Å². The van der Waals surface area contributed by atoms with E-state index in [1.54, 1.807) is 0 Å². The number of anilines is 1. The second-order valence-electron chi connectivity index (χ2n) is 4.30. The number of aliphatic hydroxyl groups excluding tert-OH is 2. The van der Waals surface area contributed by atoms with E-state index in [1.807, 2.05) is 0 Å². The van der Waals surface area contributed by atoms with Crippen LogP contribution in [0, 0.1) is 0 Å². The Morgan fingerprint density at radius 3 is 2.95 bits per heavy atom. The number of hydrogen-bond acceptors (Lipinski definition) is 6. The summed E-state index contributed by atoms with van der Waals surface area (Å²) in [5, 5.41) is 21.0. The highest BCUT2D eigenvalue weighted by atomic mass is 16.5. The summed E-state index contributed by atoms with van der Waals surface area (Å²) in [6, 6.07) is 1.46. The Hall–Kier alpha value is -1.77. The third kappa shape index (κ3) is 2.98. The van der Waals surface area contributed by atoms with E-state index in [4.69, 9.17) is 9.84 Å². The maximum atomic E-state index is 11.8. The second kappa shape index (κ2) is 5.47. The molecule has 1 aromatic heterocycles. The summed E-state index contributed by atoms with van der Waals surface area (Å²) in [6.45, 7) is 0.999. The Morgan fingerprint density at radius 1 is 1.68 bits per heavy atom. The van der Waals surface area contributed by atoms with Crippen molar-refractivity contribution in [3.8, 4) is 0 Å². The first kappa shape index (κ1) is 13.7. The molecule has 1 fully saturated rings. The van der Waals surface area contributed by atoms with Crippen LogP contribution in [0.3, 0.4) is 0 Å². The number of ether oxygens (including phenoxy) is 1. The molecule has 19 heavy (non-hydrogen) atoms. The van der Waals surface area contributed by atoms with Crippen LogP contribution in [0.1, 0.15) is 19.6 Å². The van der Waals surface area contributed by atoms with Gasteiger partial charge in [0.2, 0.25) is 5.91 Å². The topological polar surface area (TPSA) is 114 Å². The largest absolute Gasteiger partial charge is 0.394 e. The molecule has 1 saturated heterocycles. The van der Waals surface area contributed by atoms with E-state index in [1.165, 1.54) is 23.8 Å². The van der Waals surface area contributed by atoms with Crippen molar-refractivity contribution in [3.63, 3.8) is 0 Å². The van der Waals surface area contributed by atoms with Crippen LogP contribution < -0.4 is 11.0 Å². The summed E-state index contributed by atoms with van der Waals surface area (Å²) in [5.41, 5.74) is -0.595. The van der Waals surface area contributed by atoms with Gasteiger partial charge in [-0.25, -0.2) is 4.79 Å². The molecule has 2 rings (SSSR count).